The summed E-state index contributed by atoms with van der Waals surface area (Å²) in [6, 6.07) is 15.1. The van der Waals surface area contributed by atoms with E-state index in [9.17, 15) is 8.42 Å². The first-order valence-corrected chi connectivity index (χ1v) is 8.61. The van der Waals surface area contributed by atoms with Gasteiger partial charge in [-0.05, 0) is 47.8 Å². The molecular weight excluding hydrogens is 294 g/mol. The summed E-state index contributed by atoms with van der Waals surface area (Å²) < 4.78 is 22.7. The van der Waals surface area contributed by atoms with Crippen LogP contribution in [0, 0.1) is 6.92 Å². The maximum atomic E-state index is 11.3. The summed E-state index contributed by atoms with van der Waals surface area (Å²) in [4.78, 5) is 0.135. The van der Waals surface area contributed by atoms with E-state index >= 15 is 0 Å². The summed E-state index contributed by atoms with van der Waals surface area (Å²) in [7, 11) is -3.65. The molecule has 0 aliphatic heterocycles. The molecule has 0 saturated heterocycles. The standard InChI is InChI=1S/C18H17NO2S/c1-13-5-7-14(8-6-13)17-3-2-4-18(17)15-9-11-16(12-10-15)22(19,20)21/h3-12H,2H2,1H3,(H2,19,20,21). The van der Waals surface area contributed by atoms with Crippen LogP contribution in [0.3, 0.4) is 0 Å². The van der Waals surface area contributed by atoms with Gasteiger partial charge in [0.05, 0.1) is 4.90 Å². The minimum Gasteiger partial charge on any atom is -0.225 e. The first kappa shape index (κ1) is 14.8. The van der Waals surface area contributed by atoms with E-state index in [2.05, 4.69) is 43.3 Å². The van der Waals surface area contributed by atoms with Gasteiger partial charge in [0.15, 0.2) is 0 Å². The van der Waals surface area contributed by atoms with Gasteiger partial charge in [-0.3, -0.25) is 0 Å². The Morgan fingerprint density at radius 3 is 1.73 bits per heavy atom. The van der Waals surface area contributed by atoms with Gasteiger partial charge in [-0.1, -0.05) is 54.1 Å². The number of rotatable bonds is 3. The Morgan fingerprint density at radius 1 is 0.818 bits per heavy atom. The molecule has 1 aliphatic carbocycles. The van der Waals surface area contributed by atoms with Gasteiger partial charge in [0, 0.05) is 0 Å². The molecule has 2 N–H and O–H groups in total. The summed E-state index contributed by atoms with van der Waals surface area (Å²) in [6.45, 7) is 2.07. The van der Waals surface area contributed by atoms with Crippen molar-refractivity contribution in [2.75, 3.05) is 0 Å². The molecule has 3 nitrogen and oxygen atoms in total. The molecule has 0 unspecified atom stereocenters. The van der Waals surface area contributed by atoms with E-state index in [0.29, 0.717) is 0 Å². The van der Waals surface area contributed by atoms with Crippen LogP contribution in [-0.2, 0) is 10.0 Å². The van der Waals surface area contributed by atoms with E-state index in [1.807, 2.05) is 0 Å². The van der Waals surface area contributed by atoms with E-state index < -0.39 is 10.0 Å². The highest BCUT2D eigenvalue weighted by atomic mass is 32.2. The Hall–Kier alpha value is -2.17. The second-order valence-electron chi connectivity index (χ2n) is 5.41. The average Bonchev–Trinajstić information content (AvgIpc) is 2.97. The number of hydrogen-bond acceptors (Lipinski definition) is 2. The van der Waals surface area contributed by atoms with E-state index in [-0.39, 0.29) is 4.90 Å². The molecule has 112 valence electrons. The highest BCUT2D eigenvalue weighted by Gasteiger charge is 2.15. The smallest absolute Gasteiger partial charge is 0.225 e. The van der Waals surface area contributed by atoms with Crippen molar-refractivity contribution in [3.05, 3.63) is 77.4 Å². The minimum absolute atomic E-state index is 0.135. The van der Waals surface area contributed by atoms with Gasteiger partial charge in [-0.15, -0.1) is 0 Å². The lowest BCUT2D eigenvalue weighted by Crippen LogP contribution is -2.11. The summed E-state index contributed by atoms with van der Waals surface area (Å²) in [5.41, 5.74) is 5.71. The molecule has 0 heterocycles. The van der Waals surface area contributed by atoms with Gasteiger partial charge >= 0.3 is 0 Å². The summed E-state index contributed by atoms with van der Waals surface area (Å²) >= 11 is 0. The number of primary sulfonamides is 1. The Morgan fingerprint density at radius 2 is 1.27 bits per heavy atom. The molecule has 0 bridgehead atoms. The number of benzene rings is 2. The molecule has 0 radical (unpaired) electrons. The Kier molecular flexibility index (Phi) is 3.72. The maximum absolute atomic E-state index is 11.3. The lowest BCUT2D eigenvalue weighted by molar-refractivity contribution is 0.598. The Balaban J connectivity index is 1.95. The van der Waals surface area contributed by atoms with Crippen LogP contribution in [0.1, 0.15) is 23.1 Å². The molecule has 2 aromatic rings. The third-order valence-corrected chi connectivity index (χ3v) is 4.72. The van der Waals surface area contributed by atoms with Crippen LogP contribution in [0.25, 0.3) is 11.1 Å². The normalized spacial score (nSPS) is 14.6. The van der Waals surface area contributed by atoms with Crippen molar-refractivity contribution in [3.8, 4) is 0 Å². The van der Waals surface area contributed by atoms with Gasteiger partial charge in [0.2, 0.25) is 10.0 Å². The predicted octanol–water partition coefficient (Wildman–Crippen LogP) is 3.51. The van der Waals surface area contributed by atoms with Crippen LogP contribution in [0.2, 0.25) is 0 Å². The van der Waals surface area contributed by atoms with E-state index in [4.69, 9.17) is 5.14 Å². The van der Waals surface area contributed by atoms with Gasteiger partial charge in [-0.25, -0.2) is 13.6 Å². The number of allylic oxidation sites excluding steroid dienone is 4. The second kappa shape index (κ2) is 5.55. The molecule has 0 saturated carbocycles. The van der Waals surface area contributed by atoms with Crippen LogP contribution < -0.4 is 5.14 Å². The van der Waals surface area contributed by atoms with Crippen LogP contribution in [-0.4, -0.2) is 8.42 Å². The van der Waals surface area contributed by atoms with E-state index in [1.165, 1.54) is 16.7 Å². The number of nitrogens with two attached hydrogens (primary N) is 1. The third kappa shape index (κ3) is 2.89. The summed E-state index contributed by atoms with van der Waals surface area (Å²) in [5.74, 6) is 0. The van der Waals surface area contributed by atoms with E-state index in [0.717, 1.165) is 17.6 Å². The molecule has 4 heteroatoms. The van der Waals surface area contributed by atoms with Crippen molar-refractivity contribution < 1.29 is 8.42 Å². The fourth-order valence-electron chi connectivity index (χ4n) is 2.62. The second-order valence-corrected chi connectivity index (χ2v) is 6.97. The fraction of sp³-hybridized carbons (Fsp3) is 0.111. The van der Waals surface area contributed by atoms with Gasteiger partial charge in [-0.2, -0.15) is 0 Å². The van der Waals surface area contributed by atoms with Crippen LogP contribution in [0.4, 0.5) is 0 Å². The van der Waals surface area contributed by atoms with Gasteiger partial charge in [0.1, 0.15) is 0 Å². The highest BCUT2D eigenvalue weighted by molar-refractivity contribution is 7.89. The minimum atomic E-state index is -3.65. The monoisotopic (exact) mass is 311 g/mol. The molecule has 1 aliphatic rings. The van der Waals surface area contributed by atoms with Crippen molar-refractivity contribution in [1.29, 1.82) is 0 Å². The average molecular weight is 311 g/mol. The predicted molar refractivity (Wildman–Crippen MR) is 89.6 cm³/mol. The molecule has 0 aromatic heterocycles. The van der Waals surface area contributed by atoms with Crippen LogP contribution >= 0.6 is 0 Å². The van der Waals surface area contributed by atoms with Crippen molar-refractivity contribution in [2.24, 2.45) is 5.14 Å². The number of aryl methyl sites for hydroxylation is 1. The zero-order valence-corrected chi connectivity index (χ0v) is 13.1. The summed E-state index contributed by atoms with van der Waals surface area (Å²) in [6.07, 6.45) is 5.23. The molecule has 0 amide bonds. The third-order valence-electron chi connectivity index (χ3n) is 3.79. The number of sulfonamides is 1. The Labute approximate surface area is 130 Å². The molecule has 0 atom stereocenters. The highest BCUT2D eigenvalue weighted by Crippen LogP contribution is 2.36. The van der Waals surface area contributed by atoms with Crippen molar-refractivity contribution in [2.45, 2.75) is 18.2 Å². The van der Waals surface area contributed by atoms with Crippen LogP contribution in [0.15, 0.2) is 65.6 Å². The summed E-state index contributed by atoms with van der Waals surface area (Å²) in [5, 5.41) is 5.14. The molecule has 2 aromatic carbocycles. The largest absolute Gasteiger partial charge is 0.238 e. The van der Waals surface area contributed by atoms with Crippen molar-refractivity contribution >= 4 is 21.2 Å². The molecule has 0 fully saturated rings. The zero-order chi connectivity index (χ0) is 15.7. The van der Waals surface area contributed by atoms with Gasteiger partial charge in [0.25, 0.3) is 0 Å². The SMILES string of the molecule is Cc1ccc(C2=CCC=C2c2ccc(S(N)(=O)=O)cc2)cc1. The molecule has 22 heavy (non-hydrogen) atoms. The first-order chi connectivity index (χ1) is 10.4. The van der Waals surface area contributed by atoms with Crippen LogP contribution in [0.5, 0.6) is 0 Å². The van der Waals surface area contributed by atoms with Gasteiger partial charge < -0.3 is 0 Å². The van der Waals surface area contributed by atoms with Crippen molar-refractivity contribution in [1.82, 2.24) is 0 Å². The molecule has 3 rings (SSSR count). The maximum Gasteiger partial charge on any atom is 0.238 e. The lowest BCUT2D eigenvalue weighted by Gasteiger charge is -2.10. The van der Waals surface area contributed by atoms with E-state index in [1.54, 1.807) is 24.3 Å². The zero-order valence-electron chi connectivity index (χ0n) is 12.3. The molecular formula is C18H17NO2S. The topological polar surface area (TPSA) is 60.2 Å². The quantitative estimate of drug-likeness (QED) is 0.943. The fourth-order valence-corrected chi connectivity index (χ4v) is 3.13. The Bertz CT molecular complexity index is 858. The van der Waals surface area contributed by atoms with Crippen molar-refractivity contribution in [3.63, 3.8) is 0 Å². The lowest BCUT2D eigenvalue weighted by atomic mass is 9.94. The molecule has 0 spiro atoms. The first-order valence-electron chi connectivity index (χ1n) is 7.06. The number of hydrogen-bond donors (Lipinski definition) is 1.